The lowest BCUT2D eigenvalue weighted by Gasteiger charge is -2.79. The van der Waals surface area contributed by atoms with Gasteiger partial charge in [-0.25, -0.2) is 0 Å². The van der Waals surface area contributed by atoms with Gasteiger partial charge in [-0.3, -0.25) is 0 Å². The van der Waals surface area contributed by atoms with E-state index in [4.69, 9.17) is 0 Å². The Bertz CT molecular complexity index is 743. The van der Waals surface area contributed by atoms with Crippen molar-refractivity contribution in [2.24, 2.45) is 57.2 Å². The van der Waals surface area contributed by atoms with Crippen molar-refractivity contribution >= 4 is 0 Å². The van der Waals surface area contributed by atoms with Crippen LogP contribution in [0.4, 0.5) is 0 Å². The van der Waals surface area contributed by atoms with Crippen LogP contribution < -0.4 is 0 Å². The van der Waals surface area contributed by atoms with Gasteiger partial charge in [0, 0.05) is 0 Å². The standard InChI is InChI=1S/C30H52O2/c1-19(2)9-8-10-20(3)21-13-15-27(6)22-11-12-23-26(4,5)24(31)14-16-29(23)18-30(32,25(22)29)17-28(21,27)7/h19-25,31-32H,8-18H2,1-7H3/t20-,21-,22-,23+,24+,25+,27+,28-,29-,30+/m1/s1. The molecule has 32 heavy (non-hydrogen) atoms. The third kappa shape index (κ3) is 2.84. The van der Waals surface area contributed by atoms with E-state index in [2.05, 4.69) is 48.5 Å². The Morgan fingerprint density at radius 3 is 2.25 bits per heavy atom. The molecule has 2 N–H and O–H groups in total. The topological polar surface area (TPSA) is 40.5 Å². The molecule has 5 aliphatic rings. The molecule has 5 aliphatic carbocycles. The van der Waals surface area contributed by atoms with Gasteiger partial charge in [0.05, 0.1) is 11.7 Å². The van der Waals surface area contributed by atoms with Crippen molar-refractivity contribution < 1.29 is 10.2 Å². The highest BCUT2D eigenvalue weighted by molar-refractivity contribution is 5.28. The minimum absolute atomic E-state index is 0.00462. The molecule has 0 amide bonds. The van der Waals surface area contributed by atoms with Crippen LogP contribution in [0.2, 0.25) is 0 Å². The summed E-state index contributed by atoms with van der Waals surface area (Å²) in [5.74, 6) is 4.09. The summed E-state index contributed by atoms with van der Waals surface area (Å²) in [6, 6.07) is 0. The molecule has 0 saturated heterocycles. The SMILES string of the molecule is CC(C)CCC[C@@H](C)[C@H]1CC[C@@]2(C)[C@@H]3CC[C@H]4C(C)(C)[C@@H](O)CC[C@@]45C[C@@](O)(C[C@]12C)[C@@H]35. The summed E-state index contributed by atoms with van der Waals surface area (Å²) in [7, 11) is 0. The molecule has 0 unspecified atom stereocenters. The summed E-state index contributed by atoms with van der Waals surface area (Å²) in [6.45, 7) is 17.1. The van der Waals surface area contributed by atoms with Gasteiger partial charge >= 0.3 is 0 Å². The van der Waals surface area contributed by atoms with Crippen LogP contribution in [-0.4, -0.2) is 21.9 Å². The van der Waals surface area contributed by atoms with E-state index < -0.39 is 5.60 Å². The number of hydrogen-bond acceptors (Lipinski definition) is 2. The molecular weight excluding hydrogens is 392 g/mol. The molecule has 0 aromatic heterocycles. The number of aliphatic hydroxyl groups is 2. The summed E-state index contributed by atoms with van der Waals surface area (Å²) in [4.78, 5) is 0. The highest BCUT2D eigenvalue weighted by Crippen LogP contribution is 2.82. The molecule has 1 spiro atoms. The monoisotopic (exact) mass is 444 g/mol. The molecule has 0 aliphatic heterocycles. The van der Waals surface area contributed by atoms with Gasteiger partial charge in [0.15, 0.2) is 0 Å². The van der Waals surface area contributed by atoms with Crippen LogP contribution in [-0.2, 0) is 0 Å². The van der Waals surface area contributed by atoms with E-state index in [-0.39, 0.29) is 16.9 Å². The number of rotatable bonds is 5. The highest BCUT2D eigenvalue weighted by atomic mass is 16.3. The second-order valence-corrected chi connectivity index (χ2v) is 15.1. The van der Waals surface area contributed by atoms with Crippen molar-refractivity contribution in [3.05, 3.63) is 0 Å². The lowest BCUT2D eigenvalue weighted by Crippen LogP contribution is -2.77. The van der Waals surface area contributed by atoms with Crippen LogP contribution >= 0.6 is 0 Å². The first-order valence-electron chi connectivity index (χ1n) is 14.2. The van der Waals surface area contributed by atoms with Crippen molar-refractivity contribution in [2.45, 2.75) is 131 Å². The Hall–Kier alpha value is -0.0800. The molecule has 2 heteroatoms. The summed E-state index contributed by atoms with van der Waals surface area (Å²) < 4.78 is 0. The normalized spacial score (nSPS) is 54.4. The zero-order valence-corrected chi connectivity index (χ0v) is 22.2. The average Bonchev–Trinajstić information content (AvgIpc) is 2.95. The maximum atomic E-state index is 12.2. The maximum Gasteiger partial charge on any atom is 0.0695 e. The predicted molar refractivity (Wildman–Crippen MR) is 132 cm³/mol. The van der Waals surface area contributed by atoms with Gasteiger partial charge in [-0.15, -0.1) is 0 Å². The smallest absolute Gasteiger partial charge is 0.0695 e. The first-order valence-corrected chi connectivity index (χ1v) is 14.2. The van der Waals surface area contributed by atoms with Crippen LogP contribution in [0.5, 0.6) is 0 Å². The van der Waals surface area contributed by atoms with Crippen molar-refractivity contribution in [2.75, 3.05) is 0 Å². The summed E-state index contributed by atoms with van der Waals surface area (Å²) >= 11 is 0. The summed E-state index contributed by atoms with van der Waals surface area (Å²) in [5, 5.41) is 23.1. The first kappa shape index (κ1) is 23.7. The molecule has 0 radical (unpaired) electrons. The van der Waals surface area contributed by atoms with E-state index in [1.807, 2.05) is 0 Å². The minimum Gasteiger partial charge on any atom is -0.393 e. The zero-order valence-electron chi connectivity index (χ0n) is 22.2. The third-order valence-electron chi connectivity index (χ3n) is 13.1. The maximum absolute atomic E-state index is 12.2. The number of hydrogen-bond donors (Lipinski definition) is 2. The van der Waals surface area contributed by atoms with Crippen LogP contribution in [0.25, 0.3) is 0 Å². The summed E-state index contributed by atoms with van der Waals surface area (Å²) in [6.07, 6.45) is 13.3. The zero-order chi connectivity index (χ0) is 23.3. The van der Waals surface area contributed by atoms with E-state index in [1.54, 1.807) is 0 Å². The molecule has 0 aromatic rings. The summed E-state index contributed by atoms with van der Waals surface area (Å²) in [5.41, 5.74) is 0.495. The Morgan fingerprint density at radius 1 is 0.844 bits per heavy atom. The molecule has 5 rings (SSSR count). The molecule has 5 saturated carbocycles. The fraction of sp³-hybridized carbons (Fsp3) is 1.00. The fourth-order valence-corrected chi connectivity index (χ4v) is 11.5. The van der Waals surface area contributed by atoms with E-state index in [1.165, 1.54) is 44.9 Å². The first-order chi connectivity index (χ1) is 14.8. The van der Waals surface area contributed by atoms with Gasteiger partial charge in [0.2, 0.25) is 0 Å². The van der Waals surface area contributed by atoms with E-state index in [0.29, 0.717) is 28.6 Å². The van der Waals surface area contributed by atoms with Crippen LogP contribution in [0.15, 0.2) is 0 Å². The largest absolute Gasteiger partial charge is 0.393 e. The fourth-order valence-electron chi connectivity index (χ4n) is 11.5. The van der Waals surface area contributed by atoms with Gasteiger partial charge in [0.25, 0.3) is 0 Å². The molecule has 184 valence electrons. The van der Waals surface area contributed by atoms with Crippen molar-refractivity contribution in [3.63, 3.8) is 0 Å². The van der Waals surface area contributed by atoms with Crippen LogP contribution in [0.1, 0.15) is 119 Å². The Balaban J connectivity index is 1.43. The Morgan fingerprint density at radius 2 is 1.56 bits per heavy atom. The van der Waals surface area contributed by atoms with E-state index >= 15 is 0 Å². The van der Waals surface area contributed by atoms with Crippen LogP contribution in [0.3, 0.4) is 0 Å². The van der Waals surface area contributed by atoms with Gasteiger partial charge in [-0.2, -0.15) is 0 Å². The second-order valence-electron chi connectivity index (χ2n) is 15.1. The Kier molecular flexibility index (Phi) is 5.34. The molecule has 0 aromatic carbocycles. The second kappa shape index (κ2) is 7.22. The van der Waals surface area contributed by atoms with Crippen molar-refractivity contribution in [1.82, 2.24) is 0 Å². The Labute approximate surface area is 198 Å². The van der Waals surface area contributed by atoms with Gasteiger partial charge < -0.3 is 10.2 Å². The lowest BCUT2D eigenvalue weighted by atomic mass is 9.27. The van der Waals surface area contributed by atoms with Crippen molar-refractivity contribution in [1.29, 1.82) is 0 Å². The van der Waals surface area contributed by atoms with Gasteiger partial charge in [-0.05, 0) is 109 Å². The van der Waals surface area contributed by atoms with Crippen molar-refractivity contribution in [3.8, 4) is 0 Å². The molecule has 5 fully saturated rings. The van der Waals surface area contributed by atoms with E-state index in [0.717, 1.165) is 43.4 Å². The molecule has 2 nitrogen and oxygen atoms in total. The van der Waals surface area contributed by atoms with Gasteiger partial charge in [-0.1, -0.05) is 67.7 Å². The molecule has 10 atom stereocenters. The number of aliphatic hydroxyl groups excluding tert-OH is 1. The molecular formula is C30H52O2. The number of fused-ring (bicyclic) bond motifs is 2. The lowest BCUT2D eigenvalue weighted by molar-refractivity contribution is -0.349. The van der Waals surface area contributed by atoms with E-state index in [9.17, 15) is 10.2 Å². The third-order valence-corrected chi connectivity index (χ3v) is 13.1. The quantitative estimate of drug-likeness (QED) is 0.470. The predicted octanol–water partition coefficient (Wildman–Crippen LogP) is 7.22. The van der Waals surface area contributed by atoms with Gasteiger partial charge in [0.1, 0.15) is 0 Å². The minimum atomic E-state index is -0.448. The highest BCUT2D eigenvalue weighted by Gasteiger charge is 2.79. The van der Waals surface area contributed by atoms with Crippen LogP contribution in [0, 0.1) is 57.2 Å². The molecule has 0 heterocycles. The average molecular weight is 445 g/mol. The molecule has 0 bridgehead atoms.